The molecule has 1 aromatic heterocycles. The van der Waals surface area contributed by atoms with Gasteiger partial charge >= 0.3 is 0 Å². The zero-order chi connectivity index (χ0) is 11.1. The van der Waals surface area contributed by atoms with Gasteiger partial charge in [-0.1, -0.05) is 13.3 Å². The van der Waals surface area contributed by atoms with Gasteiger partial charge in [0.2, 0.25) is 5.95 Å². The maximum atomic E-state index is 8.61. The highest BCUT2D eigenvalue weighted by Crippen LogP contribution is 2.07. The third kappa shape index (κ3) is 3.52. The summed E-state index contributed by atoms with van der Waals surface area (Å²) in [6.45, 7) is 2.78. The van der Waals surface area contributed by atoms with Gasteiger partial charge < -0.3 is 5.32 Å². The molecular weight excluding hydrogens is 200 g/mol. The van der Waals surface area contributed by atoms with Gasteiger partial charge in [-0.3, -0.25) is 10.4 Å². The molecule has 0 aliphatic heterocycles. The fraction of sp³-hybridized carbons (Fsp3) is 0.571. The number of rotatable bonds is 6. The van der Waals surface area contributed by atoms with E-state index < -0.39 is 0 Å². The Bertz CT molecular complexity index is 285. The van der Waals surface area contributed by atoms with E-state index in [1.54, 1.807) is 11.0 Å². The minimum atomic E-state index is -0.0412. The van der Waals surface area contributed by atoms with Crippen LogP contribution >= 0.6 is 0 Å². The van der Waals surface area contributed by atoms with Crippen LogP contribution in [0.5, 0.6) is 0 Å². The highest BCUT2D eigenvalue weighted by atomic mass is 16.5. The third-order valence-corrected chi connectivity index (χ3v) is 1.65. The average molecular weight is 214 g/mol. The van der Waals surface area contributed by atoms with Gasteiger partial charge in [-0.2, -0.15) is 15.0 Å². The van der Waals surface area contributed by atoms with E-state index in [9.17, 15) is 0 Å². The fourth-order valence-corrected chi connectivity index (χ4v) is 0.932. The summed E-state index contributed by atoms with van der Waals surface area (Å²) in [6, 6.07) is 0. The Kier molecular flexibility index (Phi) is 4.51. The summed E-state index contributed by atoms with van der Waals surface area (Å²) in [5.74, 6) is 0.202. The van der Waals surface area contributed by atoms with E-state index in [2.05, 4.69) is 27.2 Å². The van der Waals surface area contributed by atoms with Crippen molar-refractivity contribution in [1.29, 1.82) is 0 Å². The topological polar surface area (TPSA) is 115 Å². The van der Waals surface area contributed by atoms with Crippen molar-refractivity contribution in [3.63, 3.8) is 0 Å². The van der Waals surface area contributed by atoms with Crippen molar-refractivity contribution in [2.75, 3.05) is 22.8 Å². The first-order chi connectivity index (χ1) is 7.30. The highest BCUT2D eigenvalue weighted by Gasteiger charge is 2.04. The van der Waals surface area contributed by atoms with E-state index >= 15 is 0 Å². The van der Waals surface area contributed by atoms with Crippen LogP contribution in [0, 0.1) is 0 Å². The van der Waals surface area contributed by atoms with E-state index in [0.29, 0.717) is 0 Å². The van der Waals surface area contributed by atoms with E-state index in [-0.39, 0.29) is 17.8 Å². The van der Waals surface area contributed by atoms with Crippen LogP contribution in [-0.2, 0) is 0 Å². The van der Waals surface area contributed by atoms with Crippen molar-refractivity contribution >= 4 is 17.8 Å². The molecule has 0 aromatic carbocycles. The van der Waals surface area contributed by atoms with E-state index in [4.69, 9.17) is 10.4 Å². The molecule has 84 valence electrons. The Morgan fingerprint density at radius 3 is 2.00 bits per heavy atom. The van der Waals surface area contributed by atoms with Gasteiger partial charge in [-0.15, -0.1) is 0 Å². The fourth-order valence-electron chi connectivity index (χ4n) is 0.932. The van der Waals surface area contributed by atoms with Gasteiger partial charge in [0, 0.05) is 6.54 Å². The van der Waals surface area contributed by atoms with Gasteiger partial charge in [0.05, 0.1) is 0 Å². The lowest BCUT2D eigenvalue weighted by Gasteiger charge is -2.06. The quantitative estimate of drug-likeness (QED) is 0.347. The summed E-state index contributed by atoms with van der Waals surface area (Å²) in [5.41, 5.74) is 3.56. The second-order valence-electron chi connectivity index (χ2n) is 2.81. The normalized spacial score (nSPS) is 9.80. The Morgan fingerprint density at radius 1 is 1.00 bits per heavy atom. The predicted octanol–water partition coefficient (Wildman–Crippen LogP) is 0.686. The summed E-state index contributed by atoms with van der Waals surface area (Å²) in [7, 11) is 0. The van der Waals surface area contributed by atoms with Crippen LogP contribution < -0.4 is 16.3 Å². The van der Waals surface area contributed by atoms with Crippen LogP contribution in [-0.4, -0.2) is 31.9 Å². The highest BCUT2D eigenvalue weighted by molar-refractivity contribution is 5.39. The molecule has 0 amide bonds. The summed E-state index contributed by atoms with van der Waals surface area (Å²) < 4.78 is 0. The standard InChI is InChI=1S/C7H14N6O2/c1-2-3-4-8-5-9-6(12-14)11-7(10-5)13-15/h14-15H,2-4H2,1H3,(H3,8,9,10,11,12,13). The average Bonchev–Trinajstić information content (AvgIpc) is 2.29. The van der Waals surface area contributed by atoms with Crippen LogP contribution in [0.3, 0.4) is 0 Å². The maximum Gasteiger partial charge on any atom is 0.253 e. The molecule has 15 heavy (non-hydrogen) atoms. The number of anilines is 3. The lowest BCUT2D eigenvalue weighted by molar-refractivity contribution is 0.375. The van der Waals surface area contributed by atoms with Crippen molar-refractivity contribution in [2.45, 2.75) is 19.8 Å². The lowest BCUT2D eigenvalue weighted by Crippen LogP contribution is -2.10. The van der Waals surface area contributed by atoms with Gasteiger partial charge in [0.15, 0.2) is 0 Å². The van der Waals surface area contributed by atoms with Crippen LogP contribution in [0.15, 0.2) is 0 Å². The molecule has 0 aliphatic rings. The molecule has 0 radical (unpaired) electrons. The van der Waals surface area contributed by atoms with E-state index in [1.807, 2.05) is 0 Å². The molecule has 0 spiro atoms. The number of aromatic nitrogens is 3. The molecule has 0 saturated carbocycles. The molecule has 0 bridgehead atoms. The van der Waals surface area contributed by atoms with Crippen molar-refractivity contribution < 1.29 is 10.4 Å². The first kappa shape index (κ1) is 11.4. The number of nitrogens with one attached hydrogen (secondary N) is 3. The van der Waals surface area contributed by atoms with Gasteiger partial charge in [0.25, 0.3) is 11.9 Å². The largest absolute Gasteiger partial charge is 0.354 e. The second kappa shape index (κ2) is 5.94. The molecule has 1 heterocycles. The third-order valence-electron chi connectivity index (χ3n) is 1.65. The second-order valence-corrected chi connectivity index (χ2v) is 2.81. The molecule has 0 fully saturated rings. The smallest absolute Gasteiger partial charge is 0.253 e. The SMILES string of the molecule is CCCCNc1nc(NO)nc(NO)n1. The number of hydrogen-bond donors (Lipinski definition) is 5. The van der Waals surface area contributed by atoms with Gasteiger partial charge in [0.1, 0.15) is 0 Å². The summed E-state index contributed by atoms with van der Waals surface area (Å²) in [6.07, 6.45) is 2.03. The van der Waals surface area contributed by atoms with Crippen molar-refractivity contribution in [3.8, 4) is 0 Å². The Balaban J connectivity index is 2.68. The minimum absolute atomic E-state index is 0.0412. The molecule has 8 nitrogen and oxygen atoms in total. The van der Waals surface area contributed by atoms with Crippen molar-refractivity contribution in [1.82, 2.24) is 15.0 Å². The predicted molar refractivity (Wildman–Crippen MR) is 54.0 cm³/mol. The van der Waals surface area contributed by atoms with Crippen LogP contribution in [0.1, 0.15) is 19.8 Å². The first-order valence-corrected chi connectivity index (χ1v) is 4.60. The lowest BCUT2D eigenvalue weighted by atomic mass is 10.3. The molecule has 5 N–H and O–H groups in total. The van der Waals surface area contributed by atoms with Crippen LogP contribution in [0.4, 0.5) is 17.8 Å². The van der Waals surface area contributed by atoms with Crippen LogP contribution in [0.25, 0.3) is 0 Å². The number of unbranched alkanes of at least 4 members (excludes halogenated alkanes) is 1. The van der Waals surface area contributed by atoms with Crippen LogP contribution in [0.2, 0.25) is 0 Å². The van der Waals surface area contributed by atoms with Crippen molar-refractivity contribution in [2.24, 2.45) is 0 Å². The first-order valence-electron chi connectivity index (χ1n) is 4.60. The van der Waals surface area contributed by atoms with E-state index in [1.165, 1.54) is 0 Å². The molecule has 1 rings (SSSR count). The molecule has 1 aromatic rings. The summed E-state index contributed by atoms with van der Waals surface area (Å²) in [5, 5.41) is 20.2. The minimum Gasteiger partial charge on any atom is -0.354 e. The Morgan fingerprint density at radius 2 is 1.53 bits per heavy atom. The molecule has 0 aliphatic carbocycles. The molecule has 8 heteroatoms. The zero-order valence-electron chi connectivity index (χ0n) is 8.36. The van der Waals surface area contributed by atoms with E-state index in [0.717, 1.165) is 19.4 Å². The number of hydrogen-bond acceptors (Lipinski definition) is 8. The van der Waals surface area contributed by atoms with Gasteiger partial charge in [-0.25, -0.2) is 11.0 Å². The molecule has 0 atom stereocenters. The zero-order valence-corrected chi connectivity index (χ0v) is 8.36. The molecule has 0 unspecified atom stereocenters. The van der Waals surface area contributed by atoms with Crippen molar-refractivity contribution in [3.05, 3.63) is 0 Å². The summed E-state index contributed by atoms with van der Waals surface area (Å²) >= 11 is 0. The monoisotopic (exact) mass is 214 g/mol. The Labute approximate surface area is 86.7 Å². The number of nitrogens with zero attached hydrogens (tertiary/aromatic N) is 3. The molecule has 0 saturated heterocycles. The molecular formula is C7H14N6O2. The Hall–Kier alpha value is -1.67. The van der Waals surface area contributed by atoms with Gasteiger partial charge in [-0.05, 0) is 6.42 Å². The maximum absolute atomic E-state index is 8.61. The summed E-state index contributed by atoms with van der Waals surface area (Å²) in [4.78, 5) is 11.3.